The molecule has 1 aliphatic carbocycles. The van der Waals surface area contributed by atoms with Crippen molar-refractivity contribution in [1.82, 2.24) is 19.9 Å². The summed E-state index contributed by atoms with van der Waals surface area (Å²) in [6.45, 7) is 1.13. The van der Waals surface area contributed by atoms with Crippen molar-refractivity contribution in [2.75, 3.05) is 29.9 Å². The third-order valence-corrected chi connectivity index (χ3v) is 8.45. The minimum Gasteiger partial charge on any atom is -0.394 e. The van der Waals surface area contributed by atoms with Crippen molar-refractivity contribution in [1.29, 1.82) is 0 Å². The Bertz CT molecular complexity index is 1060. The third-order valence-electron chi connectivity index (χ3n) is 6.77. The fourth-order valence-corrected chi connectivity index (χ4v) is 5.97. The van der Waals surface area contributed by atoms with Crippen molar-refractivity contribution < 1.29 is 18.1 Å². The van der Waals surface area contributed by atoms with Gasteiger partial charge in [-0.05, 0) is 38.5 Å². The second-order valence-corrected chi connectivity index (χ2v) is 11.0. The normalized spacial score (nSPS) is 25.8. The molecule has 4 heterocycles. The lowest BCUT2D eigenvalue weighted by Gasteiger charge is -2.41. The largest absolute Gasteiger partial charge is 0.394 e. The van der Waals surface area contributed by atoms with Crippen molar-refractivity contribution in [2.45, 2.75) is 66.6 Å². The van der Waals surface area contributed by atoms with Gasteiger partial charge in [-0.2, -0.15) is 13.8 Å². The molecule has 0 aromatic carbocycles. The fourth-order valence-electron chi connectivity index (χ4n) is 4.70. The average molecular weight is 499 g/mol. The summed E-state index contributed by atoms with van der Waals surface area (Å²) in [4.78, 5) is 19.6. The second-order valence-electron chi connectivity index (χ2n) is 9.02. The summed E-state index contributed by atoms with van der Waals surface area (Å²) in [7, 11) is -2.53. The molecule has 8 nitrogen and oxygen atoms in total. The molecule has 0 amide bonds. The molecule has 178 valence electrons. The van der Waals surface area contributed by atoms with Crippen molar-refractivity contribution in [3.05, 3.63) is 28.9 Å². The van der Waals surface area contributed by atoms with E-state index in [2.05, 4.69) is 25.3 Å². The minimum atomic E-state index is -3.38. The summed E-state index contributed by atoms with van der Waals surface area (Å²) in [6, 6.07) is 0. The lowest BCUT2D eigenvalue weighted by molar-refractivity contribution is 0.104. The zero-order valence-corrected chi connectivity index (χ0v) is 19.5. The maximum Gasteiger partial charge on any atom is 0.331 e. The number of aromatic nitrogens is 4. The molecule has 12 heteroatoms. The molecule has 2 aromatic heterocycles. The lowest BCUT2D eigenvalue weighted by Crippen LogP contribution is -2.48. The Hall–Kier alpha value is -1.98. The molecule has 1 saturated carbocycles. The molecule has 2 aromatic rings. The molecule has 0 spiro atoms. The Labute approximate surface area is 197 Å². The van der Waals surface area contributed by atoms with Gasteiger partial charge in [-0.1, -0.05) is 11.6 Å². The van der Waals surface area contributed by atoms with Crippen LogP contribution in [0, 0.1) is 0 Å². The highest BCUT2D eigenvalue weighted by Gasteiger charge is 2.50. The molecular formula is C21H25ClF2N6O2S. The topological polar surface area (TPSA) is 104 Å². The van der Waals surface area contributed by atoms with Gasteiger partial charge in [0.1, 0.15) is 27.3 Å². The van der Waals surface area contributed by atoms with E-state index in [4.69, 9.17) is 11.6 Å². The van der Waals surface area contributed by atoms with Crippen LogP contribution in [0.25, 0.3) is 0 Å². The zero-order valence-electron chi connectivity index (χ0n) is 17.9. The standard InChI is InChI=1S/C21H25ClF2N6O2S/c22-14-10-25-17(26-11-14)13-3-1-7-30(8-4-13)19-27-15-9-21(23,24)33(32)16(15)18(28-19)29-20(12-31)5-2-6-20/h10-11,13,31H,1-9,12H2,(H,27,28,29)/t13?,33-/m0/s1. The number of anilines is 2. The maximum absolute atomic E-state index is 14.3. The number of aliphatic hydroxyl groups is 1. The number of hydrogen-bond donors (Lipinski definition) is 2. The summed E-state index contributed by atoms with van der Waals surface area (Å²) in [5, 5.41) is 10.1. The minimum absolute atomic E-state index is 0.0364. The first kappa shape index (κ1) is 22.8. The van der Waals surface area contributed by atoms with Gasteiger partial charge in [-0.3, -0.25) is 0 Å². The van der Waals surface area contributed by atoms with Crippen LogP contribution in [0.15, 0.2) is 17.3 Å². The molecule has 2 aliphatic heterocycles. The van der Waals surface area contributed by atoms with Crippen molar-refractivity contribution in [3.8, 4) is 0 Å². The Balaban J connectivity index is 1.43. The highest BCUT2D eigenvalue weighted by Crippen LogP contribution is 2.44. The van der Waals surface area contributed by atoms with Gasteiger partial charge in [0.2, 0.25) is 5.95 Å². The number of nitrogens with zero attached hydrogens (tertiary/aromatic N) is 5. The molecule has 1 saturated heterocycles. The number of aliphatic hydroxyl groups excluding tert-OH is 1. The monoisotopic (exact) mass is 498 g/mol. The highest BCUT2D eigenvalue weighted by molar-refractivity contribution is 7.86. The summed E-state index contributed by atoms with van der Waals surface area (Å²) in [5.74, 6) is 1.39. The molecule has 3 aliphatic rings. The Morgan fingerprint density at radius 2 is 1.94 bits per heavy atom. The summed E-state index contributed by atoms with van der Waals surface area (Å²) in [5.41, 5.74) is -0.503. The van der Waals surface area contributed by atoms with Crippen molar-refractivity contribution in [3.63, 3.8) is 0 Å². The van der Waals surface area contributed by atoms with E-state index in [0.717, 1.165) is 31.5 Å². The van der Waals surface area contributed by atoms with Gasteiger partial charge in [0.15, 0.2) is 0 Å². The predicted octanol–water partition coefficient (Wildman–Crippen LogP) is 3.28. The maximum atomic E-state index is 14.3. The van der Waals surface area contributed by atoms with Crippen LogP contribution in [-0.4, -0.2) is 59.7 Å². The quantitative estimate of drug-likeness (QED) is 0.647. The van der Waals surface area contributed by atoms with Gasteiger partial charge in [0, 0.05) is 31.4 Å². The van der Waals surface area contributed by atoms with E-state index in [1.165, 1.54) is 0 Å². The van der Waals surface area contributed by atoms with E-state index in [9.17, 15) is 18.1 Å². The number of alkyl halides is 2. The van der Waals surface area contributed by atoms with Gasteiger partial charge in [0.05, 0.1) is 29.3 Å². The Kier molecular flexibility index (Phi) is 5.98. The fraction of sp³-hybridized carbons (Fsp3) is 0.619. The van der Waals surface area contributed by atoms with E-state index in [0.29, 0.717) is 36.9 Å². The third kappa shape index (κ3) is 4.30. The molecule has 1 unspecified atom stereocenters. The van der Waals surface area contributed by atoms with Crippen molar-refractivity contribution >= 4 is 34.2 Å². The van der Waals surface area contributed by atoms with Crippen LogP contribution in [0.3, 0.4) is 0 Å². The second kappa shape index (κ2) is 8.66. The lowest BCUT2D eigenvalue weighted by atomic mass is 9.77. The molecule has 0 bridgehead atoms. The molecular weight excluding hydrogens is 474 g/mol. The smallest absolute Gasteiger partial charge is 0.331 e. The Morgan fingerprint density at radius 3 is 2.61 bits per heavy atom. The average Bonchev–Trinajstić information content (AvgIpc) is 2.91. The van der Waals surface area contributed by atoms with E-state index in [1.807, 2.05) is 4.90 Å². The van der Waals surface area contributed by atoms with Crippen LogP contribution < -0.4 is 10.2 Å². The van der Waals surface area contributed by atoms with Crippen LogP contribution in [0.5, 0.6) is 0 Å². The van der Waals surface area contributed by atoms with Gasteiger partial charge in [-0.25, -0.2) is 19.2 Å². The molecule has 2 atom stereocenters. The Morgan fingerprint density at radius 1 is 1.18 bits per heavy atom. The summed E-state index contributed by atoms with van der Waals surface area (Å²) in [6.07, 6.45) is 7.30. The number of fused-ring (bicyclic) bond motifs is 1. The van der Waals surface area contributed by atoms with Crippen LogP contribution >= 0.6 is 11.6 Å². The number of hydrogen-bond acceptors (Lipinski definition) is 8. The van der Waals surface area contributed by atoms with Gasteiger partial charge < -0.3 is 15.3 Å². The first-order valence-electron chi connectivity index (χ1n) is 11.1. The van der Waals surface area contributed by atoms with E-state index >= 15 is 0 Å². The van der Waals surface area contributed by atoms with Crippen LogP contribution in [0.4, 0.5) is 20.5 Å². The SMILES string of the molecule is O=[S@]1c2c(nc(N3CCCC(c4ncc(Cl)cn4)CC3)nc2NC2(CO)CCC2)CC1(F)F. The molecule has 2 fully saturated rings. The summed E-state index contributed by atoms with van der Waals surface area (Å²) < 4.78 is 41.2. The van der Waals surface area contributed by atoms with E-state index in [-0.39, 0.29) is 28.9 Å². The number of rotatable bonds is 5. The van der Waals surface area contributed by atoms with Crippen LogP contribution in [0.1, 0.15) is 56.0 Å². The highest BCUT2D eigenvalue weighted by atomic mass is 35.5. The molecule has 5 rings (SSSR count). The van der Waals surface area contributed by atoms with E-state index < -0.39 is 28.0 Å². The van der Waals surface area contributed by atoms with Gasteiger partial charge in [-0.15, -0.1) is 0 Å². The molecule has 33 heavy (non-hydrogen) atoms. The van der Waals surface area contributed by atoms with E-state index in [1.54, 1.807) is 12.4 Å². The predicted molar refractivity (Wildman–Crippen MR) is 120 cm³/mol. The molecule has 0 radical (unpaired) electrons. The first-order valence-corrected chi connectivity index (χ1v) is 12.7. The molecule has 2 N–H and O–H groups in total. The van der Waals surface area contributed by atoms with Crippen LogP contribution in [-0.2, 0) is 17.2 Å². The summed E-state index contributed by atoms with van der Waals surface area (Å²) >= 11 is 5.90. The van der Waals surface area contributed by atoms with Crippen LogP contribution in [0.2, 0.25) is 5.02 Å². The van der Waals surface area contributed by atoms with Crippen molar-refractivity contribution in [2.24, 2.45) is 0 Å². The number of halogens is 3. The zero-order chi connectivity index (χ0) is 23.2. The first-order chi connectivity index (χ1) is 15.8. The van der Waals surface area contributed by atoms with Gasteiger partial charge >= 0.3 is 5.25 Å². The van der Waals surface area contributed by atoms with Gasteiger partial charge in [0.25, 0.3) is 0 Å². The number of nitrogens with one attached hydrogen (secondary N) is 1.